The maximum atomic E-state index is 12.8. The summed E-state index contributed by atoms with van der Waals surface area (Å²) in [5.41, 5.74) is 0.926. The first-order chi connectivity index (χ1) is 7.70. The molecule has 0 N–H and O–H groups in total. The Morgan fingerprint density at radius 3 is 2.38 bits per heavy atom. The van der Waals surface area contributed by atoms with Gasteiger partial charge in [-0.25, -0.2) is 8.78 Å². The maximum Gasteiger partial charge on any atom is 0.265 e. The molecule has 2 aromatic carbocycles. The summed E-state index contributed by atoms with van der Waals surface area (Å²) in [5, 5.41) is 0.462. The minimum atomic E-state index is -2.55. The van der Waals surface area contributed by atoms with Gasteiger partial charge in [0.25, 0.3) is 6.43 Å². The van der Waals surface area contributed by atoms with E-state index in [0.29, 0.717) is 16.1 Å². The van der Waals surface area contributed by atoms with Gasteiger partial charge in [0.1, 0.15) is 0 Å². The number of rotatable bonds is 2. The van der Waals surface area contributed by atoms with Crippen molar-refractivity contribution in [2.75, 3.05) is 0 Å². The Bertz CT molecular complexity index is 495. The molecule has 16 heavy (non-hydrogen) atoms. The van der Waals surface area contributed by atoms with E-state index < -0.39 is 6.43 Å². The molecule has 1 radical (unpaired) electrons. The lowest BCUT2D eigenvalue weighted by Gasteiger charge is -2.09. The van der Waals surface area contributed by atoms with Crippen molar-refractivity contribution in [1.29, 1.82) is 0 Å². The quantitative estimate of drug-likeness (QED) is 0.707. The van der Waals surface area contributed by atoms with Gasteiger partial charge in [-0.2, -0.15) is 0 Å². The Labute approximate surface area is 97.5 Å². The van der Waals surface area contributed by atoms with Crippen LogP contribution < -0.4 is 0 Å². The third kappa shape index (κ3) is 2.07. The number of hydrogen-bond donors (Lipinski definition) is 0. The Balaban J connectivity index is 2.60. The summed E-state index contributed by atoms with van der Waals surface area (Å²) in [5.74, 6) is 0. The van der Waals surface area contributed by atoms with E-state index in [-0.39, 0.29) is 5.56 Å². The monoisotopic (exact) mass is 237 g/mol. The molecule has 0 aliphatic carbocycles. The van der Waals surface area contributed by atoms with Crippen LogP contribution in [0.5, 0.6) is 0 Å². The van der Waals surface area contributed by atoms with Crippen molar-refractivity contribution in [2.45, 2.75) is 6.43 Å². The molecule has 0 spiro atoms. The first-order valence-electron chi connectivity index (χ1n) is 4.74. The number of benzene rings is 2. The zero-order valence-corrected chi connectivity index (χ0v) is 9.01. The highest BCUT2D eigenvalue weighted by Crippen LogP contribution is 2.34. The number of alkyl halides is 2. The molecule has 0 heterocycles. The fourth-order valence-corrected chi connectivity index (χ4v) is 1.78. The lowest BCUT2D eigenvalue weighted by atomic mass is 10.00. The first kappa shape index (κ1) is 11.1. The lowest BCUT2D eigenvalue weighted by molar-refractivity contribution is 0.152. The molecule has 81 valence electrons. The van der Waals surface area contributed by atoms with E-state index in [1.54, 1.807) is 36.4 Å². The van der Waals surface area contributed by atoms with Gasteiger partial charge in [-0.05, 0) is 17.7 Å². The summed E-state index contributed by atoms with van der Waals surface area (Å²) in [6, 6.07) is 14.3. The van der Waals surface area contributed by atoms with Gasteiger partial charge in [0.05, 0.1) is 0 Å². The van der Waals surface area contributed by atoms with Crippen LogP contribution in [0.3, 0.4) is 0 Å². The highest BCUT2D eigenvalue weighted by Gasteiger charge is 2.14. The zero-order valence-electron chi connectivity index (χ0n) is 8.25. The minimum Gasteiger partial charge on any atom is -0.205 e. The highest BCUT2D eigenvalue weighted by atomic mass is 35.5. The Morgan fingerprint density at radius 2 is 1.69 bits per heavy atom. The van der Waals surface area contributed by atoms with Gasteiger partial charge in [0, 0.05) is 16.1 Å². The molecule has 0 atom stereocenters. The van der Waals surface area contributed by atoms with E-state index >= 15 is 0 Å². The van der Waals surface area contributed by atoms with Crippen LogP contribution in [0.4, 0.5) is 8.78 Å². The predicted molar refractivity (Wildman–Crippen MR) is 60.7 cm³/mol. The number of halogens is 3. The van der Waals surface area contributed by atoms with Crippen LogP contribution >= 0.6 is 11.6 Å². The lowest BCUT2D eigenvalue weighted by Crippen LogP contribution is -1.90. The minimum absolute atomic E-state index is 0.115. The second-order valence-corrected chi connectivity index (χ2v) is 3.69. The van der Waals surface area contributed by atoms with E-state index in [9.17, 15) is 8.78 Å². The van der Waals surface area contributed by atoms with Gasteiger partial charge in [-0.1, -0.05) is 48.0 Å². The van der Waals surface area contributed by atoms with Crippen molar-refractivity contribution in [2.24, 2.45) is 0 Å². The molecule has 0 bridgehead atoms. The average molecular weight is 238 g/mol. The molecule has 2 rings (SSSR count). The third-order valence-electron chi connectivity index (χ3n) is 2.27. The summed E-state index contributed by atoms with van der Waals surface area (Å²) < 4.78 is 25.5. The Hall–Kier alpha value is -1.41. The first-order valence-corrected chi connectivity index (χ1v) is 5.11. The van der Waals surface area contributed by atoms with Crippen molar-refractivity contribution in [1.82, 2.24) is 0 Å². The van der Waals surface area contributed by atoms with Crippen molar-refractivity contribution in [3.63, 3.8) is 0 Å². The maximum absolute atomic E-state index is 12.8. The summed E-state index contributed by atoms with van der Waals surface area (Å²) in [6.45, 7) is 0. The van der Waals surface area contributed by atoms with Crippen molar-refractivity contribution in [3.05, 3.63) is 59.1 Å². The highest BCUT2D eigenvalue weighted by molar-refractivity contribution is 6.33. The summed E-state index contributed by atoms with van der Waals surface area (Å²) in [6.07, 6.45) is -2.55. The largest absolute Gasteiger partial charge is 0.265 e. The van der Waals surface area contributed by atoms with Gasteiger partial charge in [-0.15, -0.1) is 0 Å². The molecule has 2 aromatic rings. The van der Waals surface area contributed by atoms with Gasteiger partial charge in [0.2, 0.25) is 0 Å². The van der Waals surface area contributed by atoms with E-state index in [4.69, 9.17) is 11.6 Å². The molecular weight excluding hydrogens is 230 g/mol. The van der Waals surface area contributed by atoms with Crippen molar-refractivity contribution in [3.8, 4) is 11.1 Å². The molecule has 0 amide bonds. The van der Waals surface area contributed by atoms with E-state index in [2.05, 4.69) is 6.07 Å². The topological polar surface area (TPSA) is 0 Å². The molecule has 0 saturated carbocycles. The predicted octanol–water partition coefficient (Wildman–Crippen LogP) is 4.74. The Kier molecular flexibility index (Phi) is 3.20. The molecular formula is C13H8ClF2. The normalized spacial score (nSPS) is 10.8. The van der Waals surface area contributed by atoms with Crippen LogP contribution in [0, 0.1) is 6.07 Å². The molecule has 0 unspecified atom stereocenters. The average Bonchev–Trinajstić information content (AvgIpc) is 2.29. The van der Waals surface area contributed by atoms with E-state index in [1.807, 2.05) is 0 Å². The summed E-state index contributed by atoms with van der Waals surface area (Å²) >= 11 is 5.98. The molecule has 0 aliphatic heterocycles. The molecule has 0 nitrogen and oxygen atoms in total. The third-order valence-corrected chi connectivity index (χ3v) is 2.60. The van der Waals surface area contributed by atoms with Crippen molar-refractivity contribution >= 4 is 11.6 Å². The van der Waals surface area contributed by atoms with Crippen LogP contribution in [-0.4, -0.2) is 0 Å². The second-order valence-electron chi connectivity index (χ2n) is 3.28. The van der Waals surface area contributed by atoms with Crippen molar-refractivity contribution < 1.29 is 8.78 Å². The standard InChI is InChI=1S/C13H8ClF2/c14-12-8-4-3-6-10(12)9-5-1-2-7-11(9)13(15)16/h1-6,8,13H. The van der Waals surface area contributed by atoms with Crippen LogP contribution in [-0.2, 0) is 0 Å². The molecule has 3 heteroatoms. The van der Waals surface area contributed by atoms with Gasteiger partial charge in [-0.3, -0.25) is 0 Å². The fraction of sp³-hybridized carbons (Fsp3) is 0.0769. The van der Waals surface area contributed by atoms with E-state index in [1.165, 1.54) is 6.07 Å². The SMILES string of the molecule is FC(F)c1[c]cccc1-c1ccccc1Cl. The van der Waals surface area contributed by atoms with Crippen LogP contribution in [0.15, 0.2) is 42.5 Å². The second kappa shape index (κ2) is 4.62. The van der Waals surface area contributed by atoms with Gasteiger partial charge < -0.3 is 0 Å². The molecule has 0 aromatic heterocycles. The van der Waals surface area contributed by atoms with Gasteiger partial charge >= 0.3 is 0 Å². The van der Waals surface area contributed by atoms with Crippen LogP contribution in [0.25, 0.3) is 11.1 Å². The molecule has 0 aliphatic rings. The van der Waals surface area contributed by atoms with Crippen LogP contribution in [0.1, 0.15) is 12.0 Å². The molecule has 0 fully saturated rings. The van der Waals surface area contributed by atoms with Gasteiger partial charge in [0.15, 0.2) is 0 Å². The summed E-state index contributed by atoms with van der Waals surface area (Å²) in [4.78, 5) is 0. The van der Waals surface area contributed by atoms with E-state index in [0.717, 1.165) is 0 Å². The Morgan fingerprint density at radius 1 is 1.00 bits per heavy atom. The zero-order chi connectivity index (χ0) is 11.5. The smallest absolute Gasteiger partial charge is 0.205 e. The fourth-order valence-electron chi connectivity index (χ4n) is 1.54. The van der Waals surface area contributed by atoms with Crippen LogP contribution in [0.2, 0.25) is 5.02 Å². The molecule has 0 saturated heterocycles. The summed E-state index contributed by atoms with van der Waals surface area (Å²) in [7, 11) is 0. The number of hydrogen-bond acceptors (Lipinski definition) is 0.